The maximum atomic E-state index is 11.6. The summed E-state index contributed by atoms with van der Waals surface area (Å²) in [7, 11) is 1.46. The first-order valence-corrected chi connectivity index (χ1v) is 12.1. The molecule has 0 aromatic rings. The van der Waals surface area contributed by atoms with Crippen LogP contribution in [0.4, 0.5) is 0 Å². The predicted molar refractivity (Wildman–Crippen MR) is 113 cm³/mol. The molecule has 10 atom stereocenters. The van der Waals surface area contributed by atoms with Gasteiger partial charge in [0.05, 0.1) is 19.3 Å². The Labute approximate surface area is 176 Å². The van der Waals surface area contributed by atoms with Crippen LogP contribution in [-0.4, -0.2) is 35.5 Å². The standard InChI is InChI=1S/C25H42O4/c1-15(5-10-23(28)29-4)19-8-9-20-18-7-6-16-13-17(26)11-12-24(16,2)21(18)14-22(27)25(19,20)3/h15-22,26-27H,5-14H2,1-4H3/t15-,16+,17-,18-,19-,20+,21-,22+,24+,25-/m1/s1. The molecule has 4 fully saturated rings. The van der Waals surface area contributed by atoms with Gasteiger partial charge < -0.3 is 14.9 Å². The number of hydrogen-bond acceptors (Lipinski definition) is 4. The van der Waals surface area contributed by atoms with E-state index in [0.29, 0.717) is 41.4 Å². The quantitative estimate of drug-likeness (QED) is 0.671. The third-order valence-corrected chi connectivity index (χ3v) is 10.5. The summed E-state index contributed by atoms with van der Waals surface area (Å²) in [6.45, 7) is 7.12. The van der Waals surface area contributed by atoms with Crippen molar-refractivity contribution in [3.63, 3.8) is 0 Å². The average molecular weight is 407 g/mol. The van der Waals surface area contributed by atoms with E-state index in [1.54, 1.807) is 0 Å². The SMILES string of the molecule is COC(=O)CC[C@@H](C)[C@H]1CC[C@H]2[C@H]3CC[C@H]4C[C@H](O)CC[C@]4(C)[C@@H]3C[C@H](O)[C@]12C. The maximum absolute atomic E-state index is 11.6. The summed E-state index contributed by atoms with van der Waals surface area (Å²) in [5, 5.41) is 21.8. The lowest BCUT2D eigenvalue weighted by Crippen LogP contribution is -2.58. The largest absolute Gasteiger partial charge is 0.469 e. The summed E-state index contributed by atoms with van der Waals surface area (Å²) in [6, 6.07) is 0. The molecule has 0 bridgehead atoms. The van der Waals surface area contributed by atoms with E-state index in [9.17, 15) is 15.0 Å². The zero-order valence-corrected chi connectivity index (χ0v) is 18.9. The van der Waals surface area contributed by atoms with Crippen LogP contribution in [0.15, 0.2) is 0 Å². The summed E-state index contributed by atoms with van der Waals surface area (Å²) in [5.74, 6) is 3.36. The second-order valence-corrected chi connectivity index (χ2v) is 11.5. The van der Waals surface area contributed by atoms with Gasteiger partial charge in [-0.3, -0.25) is 4.79 Å². The first-order valence-electron chi connectivity index (χ1n) is 12.1. The monoisotopic (exact) mass is 406 g/mol. The fourth-order valence-electron chi connectivity index (χ4n) is 8.81. The Morgan fingerprint density at radius 3 is 2.55 bits per heavy atom. The number of esters is 1. The number of aliphatic hydroxyl groups is 2. The fraction of sp³-hybridized carbons (Fsp3) is 0.960. The van der Waals surface area contributed by atoms with Gasteiger partial charge in [0.2, 0.25) is 0 Å². The van der Waals surface area contributed by atoms with Crippen LogP contribution in [0.2, 0.25) is 0 Å². The van der Waals surface area contributed by atoms with Crippen LogP contribution in [-0.2, 0) is 9.53 Å². The molecule has 0 saturated heterocycles. The number of aliphatic hydroxyl groups excluding tert-OH is 2. The van der Waals surface area contributed by atoms with Crippen molar-refractivity contribution in [2.24, 2.45) is 46.3 Å². The van der Waals surface area contributed by atoms with Crippen molar-refractivity contribution in [2.45, 2.75) is 97.2 Å². The minimum absolute atomic E-state index is 0.0198. The Morgan fingerprint density at radius 2 is 1.83 bits per heavy atom. The van der Waals surface area contributed by atoms with E-state index in [2.05, 4.69) is 20.8 Å². The zero-order valence-electron chi connectivity index (χ0n) is 18.9. The van der Waals surface area contributed by atoms with Crippen molar-refractivity contribution in [1.82, 2.24) is 0 Å². The minimum atomic E-state index is -0.246. The second kappa shape index (κ2) is 7.82. The van der Waals surface area contributed by atoms with Gasteiger partial charge in [0.15, 0.2) is 0 Å². The fourth-order valence-corrected chi connectivity index (χ4v) is 8.81. The maximum Gasteiger partial charge on any atom is 0.305 e. The van der Waals surface area contributed by atoms with E-state index in [-0.39, 0.29) is 23.6 Å². The number of carbonyl (C=O) groups excluding carboxylic acids is 1. The highest BCUT2D eigenvalue weighted by molar-refractivity contribution is 5.69. The second-order valence-electron chi connectivity index (χ2n) is 11.5. The molecule has 0 radical (unpaired) electrons. The topological polar surface area (TPSA) is 66.8 Å². The summed E-state index contributed by atoms with van der Waals surface area (Å²) in [5.41, 5.74) is 0.271. The van der Waals surface area contributed by atoms with Crippen LogP contribution in [0, 0.1) is 46.3 Å². The average Bonchev–Trinajstić information content (AvgIpc) is 3.06. The van der Waals surface area contributed by atoms with E-state index >= 15 is 0 Å². The first-order chi connectivity index (χ1) is 13.7. The number of ether oxygens (including phenoxy) is 1. The van der Waals surface area contributed by atoms with Crippen LogP contribution >= 0.6 is 0 Å². The number of rotatable bonds is 4. The molecule has 29 heavy (non-hydrogen) atoms. The first kappa shape index (κ1) is 21.6. The Bertz CT molecular complexity index is 620. The third kappa shape index (κ3) is 3.37. The van der Waals surface area contributed by atoms with Gasteiger partial charge >= 0.3 is 5.97 Å². The molecule has 4 heteroatoms. The highest BCUT2D eigenvalue weighted by atomic mass is 16.5. The van der Waals surface area contributed by atoms with Crippen LogP contribution in [0.5, 0.6) is 0 Å². The molecule has 4 nitrogen and oxygen atoms in total. The van der Waals surface area contributed by atoms with Crippen LogP contribution < -0.4 is 0 Å². The Kier molecular flexibility index (Phi) is 5.83. The molecule has 0 spiro atoms. The van der Waals surface area contributed by atoms with E-state index in [4.69, 9.17) is 4.74 Å². The van der Waals surface area contributed by atoms with Crippen LogP contribution in [0.25, 0.3) is 0 Å². The summed E-state index contributed by atoms with van der Waals surface area (Å²) in [6.07, 6.45) is 9.86. The molecule has 0 aliphatic heterocycles. The van der Waals surface area contributed by atoms with Gasteiger partial charge in [-0.1, -0.05) is 20.8 Å². The molecular formula is C25H42O4. The molecule has 166 valence electrons. The van der Waals surface area contributed by atoms with Gasteiger partial charge in [-0.25, -0.2) is 0 Å². The molecule has 0 aromatic carbocycles. The van der Waals surface area contributed by atoms with Gasteiger partial charge in [0.25, 0.3) is 0 Å². The number of carbonyl (C=O) groups is 1. The smallest absolute Gasteiger partial charge is 0.305 e. The van der Waals surface area contributed by atoms with Gasteiger partial charge in [0.1, 0.15) is 0 Å². The van der Waals surface area contributed by atoms with Crippen molar-refractivity contribution < 1.29 is 19.7 Å². The lowest BCUT2D eigenvalue weighted by Gasteiger charge is -2.62. The molecule has 0 unspecified atom stereocenters. The lowest BCUT2D eigenvalue weighted by molar-refractivity contribution is -0.175. The van der Waals surface area contributed by atoms with E-state index in [1.807, 2.05) is 0 Å². The van der Waals surface area contributed by atoms with Crippen molar-refractivity contribution in [1.29, 1.82) is 0 Å². The highest BCUT2D eigenvalue weighted by Gasteiger charge is 2.63. The van der Waals surface area contributed by atoms with E-state index in [1.165, 1.54) is 32.8 Å². The zero-order chi connectivity index (χ0) is 21.0. The molecule has 4 aliphatic carbocycles. The predicted octanol–water partition coefficient (Wildman–Crippen LogP) is 4.57. The van der Waals surface area contributed by atoms with Crippen molar-refractivity contribution in [3.05, 3.63) is 0 Å². The number of methoxy groups -OCH3 is 1. The van der Waals surface area contributed by atoms with Gasteiger partial charge in [0, 0.05) is 6.42 Å². The summed E-state index contributed by atoms with van der Waals surface area (Å²) in [4.78, 5) is 11.6. The Balaban J connectivity index is 1.53. The Morgan fingerprint density at radius 1 is 1.07 bits per heavy atom. The molecule has 2 N–H and O–H groups in total. The molecule has 0 aromatic heterocycles. The summed E-state index contributed by atoms with van der Waals surface area (Å²) >= 11 is 0. The summed E-state index contributed by atoms with van der Waals surface area (Å²) < 4.78 is 4.85. The van der Waals surface area contributed by atoms with Crippen molar-refractivity contribution >= 4 is 5.97 Å². The van der Waals surface area contributed by atoms with Crippen molar-refractivity contribution in [2.75, 3.05) is 7.11 Å². The molecular weight excluding hydrogens is 364 g/mol. The molecule has 4 aliphatic rings. The number of hydrogen-bond donors (Lipinski definition) is 2. The molecule has 4 rings (SSSR count). The molecule has 0 heterocycles. The lowest BCUT2D eigenvalue weighted by atomic mass is 9.43. The minimum Gasteiger partial charge on any atom is -0.469 e. The van der Waals surface area contributed by atoms with E-state index < -0.39 is 0 Å². The highest BCUT2D eigenvalue weighted by Crippen LogP contribution is 2.68. The van der Waals surface area contributed by atoms with Crippen LogP contribution in [0.1, 0.15) is 85.0 Å². The third-order valence-electron chi connectivity index (χ3n) is 10.5. The van der Waals surface area contributed by atoms with E-state index in [0.717, 1.165) is 38.0 Å². The molecule has 0 amide bonds. The Hall–Kier alpha value is -0.610. The van der Waals surface area contributed by atoms with Gasteiger partial charge in [-0.05, 0) is 104 Å². The van der Waals surface area contributed by atoms with Gasteiger partial charge in [-0.15, -0.1) is 0 Å². The van der Waals surface area contributed by atoms with Crippen molar-refractivity contribution in [3.8, 4) is 0 Å². The van der Waals surface area contributed by atoms with Gasteiger partial charge in [-0.2, -0.15) is 0 Å². The molecule has 4 saturated carbocycles. The normalized spacial score (nSPS) is 50.2. The van der Waals surface area contributed by atoms with Crippen LogP contribution in [0.3, 0.4) is 0 Å². The number of fused-ring (bicyclic) bond motifs is 5.